The van der Waals surface area contributed by atoms with Crippen LogP contribution in [0.4, 0.5) is 0 Å². The Kier molecular flexibility index (Phi) is 5.16. The molecule has 4 heteroatoms. The molecule has 4 aromatic rings. The Labute approximate surface area is 156 Å². The summed E-state index contributed by atoms with van der Waals surface area (Å²) in [6, 6.07) is 22.6. The first kappa shape index (κ1) is 17.0. The minimum atomic E-state index is -0.560. The first-order valence-corrected chi connectivity index (χ1v) is 9.64. The lowest BCUT2D eigenvalue weighted by Crippen LogP contribution is -2.31. The van der Waals surface area contributed by atoms with Gasteiger partial charge in [-0.2, -0.15) is 0 Å². The fraction of sp³-hybridized carbons (Fsp3) is 0.182. The van der Waals surface area contributed by atoms with Gasteiger partial charge in [0.25, 0.3) is 0 Å². The highest BCUT2D eigenvalue weighted by molar-refractivity contribution is 7.18. The van der Waals surface area contributed by atoms with E-state index in [1.165, 1.54) is 21.0 Å². The average Bonchev–Trinajstić information content (AvgIpc) is 3.16. The Bertz CT molecular complexity index is 997. The smallest absolute Gasteiger partial charge is 0.127 e. The molecule has 0 fully saturated rings. The maximum atomic E-state index is 10.2. The minimum Gasteiger partial charge on any atom is -0.490 e. The van der Waals surface area contributed by atoms with Crippen LogP contribution in [0.5, 0.6) is 5.75 Å². The van der Waals surface area contributed by atoms with Crippen LogP contribution in [0, 0.1) is 0 Å². The number of aliphatic hydroxyl groups is 1. The molecule has 1 atom stereocenters. The standard InChI is InChI=1S/C22H21NO2S/c24-18(14-23-13-16-6-2-1-3-7-16)15-25-21-12-17-10-11-26-22(17)20-9-5-4-8-19(20)21/h1-12,18,23-24H,13-15H2/t18-/m0/s1. The topological polar surface area (TPSA) is 41.5 Å². The second kappa shape index (κ2) is 7.87. The van der Waals surface area contributed by atoms with Gasteiger partial charge >= 0.3 is 0 Å². The lowest BCUT2D eigenvalue weighted by molar-refractivity contribution is 0.107. The number of rotatable bonds is 7. The number of ether oxygens (including phenoxy) is 1. The van der Waals surface area contributed by atoms with Crippen LogP contribution in [-0.4, -0.2) is 24.4 Å². The van der Waals surface area contributed by atoms with Crippen molar-refractivity contribution in [1.82, 2.24) is 5.32 Å². The van der Waals surface area contributed by atoms with Gasteiger partial charge in [0.05, 0.1) is 0 Å². The van der Waals surface area contributed by atoms with Crippen LogP contribution in [0.2, 0.25) is 0 Å². The van der Waals surface area contributed by atoms with Gasteiger partial charge in [0.2, 0.25) is 0 Å². The molecule has 0 bridgehead atoms. The fourth-order valence-corrected chi connectivity index (χ4v) is 4.03. The molecule has 4 rings (SSSR count). The van der Waals surface area contributed by atoms with E-state index in [1.807, 2.05) is 30.3 Å². The summed E-state index contributed by atoms with van der Waals surface area (Å²) >= 11 is 1.74. The van der Waals surface area contributed by atoms with E-state index in [9.17, 15) is 5.11 Å². The van der Waals surface area contributed by atoms with Crippen LogP contribution in [-0.2, 0) is 6.54 Å². The van der Waals surface area contributed by atoms with Crippen molar-refractivity contribution in [1.29, 1.82) is 0 Å². The average molecular weight is 363 g/mol. The lowest BCUT2D eigenvalue weighted by Gasteiger charge is -2.15. The molecular weight excluding hydrogens is 342 g/mol. The maximum absolute atomic E-state index is 10.2. The predicted octanol–water partition coefficient (Wildman–Crippen LogP) is 4.58. The van der Waals surface area contributed by atoms with Crippen LogP contribution in [0.25, 0.3) is 20.9 Å². The molecule has 0 saturated heterocycles. The van der Waals surface area contributed by atoms with Crippen molar-refractivity contribution in [3.8, 4) is 5.75 Å². The van der Waals surface area contributed by atoms with Crippen LogP contribution in [0.3, 0.4) is 0 Å². The van der Waals surface area contributed by atoms with Crippen LogP contribution in [0.15, 0.2) is 72.1 Å². The zero-order valence-corrected chi connectivity index (χ0v) is 15.2. The highest BCUT2D eigenvalue weighted by Gasteiger charge is 2.11. The molecule has 26 heavy (non-hydrogen) atoms. The summed E-state index contributed by atoms with van der Waals surface area (Å²) in [5.41, 5.74) is 1.20. The largest absolute Gasteiger partial charge is 0.490 e. The molecule has 0 unspecified atom stereocenters. The molecule has 0 saturated carbocycles. The number of hydrogen-bond acceptors (Lipinski definition) is 4. The van der Waals surface area contributed by atoms with Crippen molar-refractivity contribution in [2.45, 2.75) is 12.6 Å². The van der Waals surface area contributed by atoms with E-state index in [0.717, 1.165) is 17.7 Å². The van der Waals surface area contributed by atoms with E-state index in [0.29, 0.717) is 6.54 Å². The maximum Gasteiger partial charge on any atom is 0.127 e. The van der Waals surface area contributed by atoms with Crippen LogP contribution in [0.1, 0.15) is 5.56 Å². The van der Waals surface area contributed by atoms with Gasteiger partial charge in [-0.3, -0.25) is 0 Å². The summed E-state index contributed by atoms with van der Waals surface area (Å²) in [5.74, 6) is 0.827. The van der Waals surface area contributed by atoms with Crippen LogP contribution >= 0.6 is 11.3 Å². The molecular formula is C22H21NO2S. The van der Waals surface area contributed by atoms with Gasteiger partial charge in [0.15, 0.2) is 0 Å². The van der Waals surface area contributed by atoms with Crippen molar-refractivity contribution < 1.29 is 9.84 Å². The second-order valence-electron chi connectivity index (χ2n) is 6.34. The Morgan fingerprint density at radius 2 is 1.73 bits per heavy atom. The van der Waals surface area contributed by atoms with E-state index >= 15 is 0 Å². The predicted molar refractivity (Wildman–Crippen MR) is 109 cm³/mol. The number of hydrogen-bond donors (Lipinski definition) is 2. The highest BCUT2D eigenvalue weighted by Crippen LogP contribution is 2.36. The second-order valence-corrected chi connectivity index (χ2v) is 7.26. The molecule has 0 aliphatic heterocycles. The Hall–Kier alpha value is -2.40. The third-order valence-electron chi connectivity index (χ3n) is 4.40. The van der Waals surface area contributed by atoms with E-state index in [4.69, 9.17) is 4.74 Å². The molecule has 0 aliphatic rings. The Balaban J connectivity index is 1.40. The molecule has 1 heterocycles. The first-order chi connectivity index (χ1) is 12.8. The number of fused-ring (bicyclic) bond motifs is 3. The van der Waals surface area contributed by atoms with Gasteiger partial charge in [0, 0.05) is 28.6 Å². The minimum absolute atomic E-state index is 0.265. The van der Waals surface area contributed by atoms with Crippen LogP contribution < -0.4 is 10.1 Å². The van der Waals surface area contributed by atoms with Gasteiger partial charge in [-0.05, 0) is 28.5 Å². The normalized spacial score (nSPS) is 12.5. The molecule has 3 nitrogen and oxygen atoms in total. The molecule has 0 spiro atoms. The summed E-state index contributed by atoms with van der Waals surface area (Å²) < 4.78 is 7.25. The van der Waals surface area contributed by atoms with Crippen molar-refractivity contribution in [3.63, 3.8) is 0 Å². The van der Waals surface area contributed by atoms with Gasteiger partial charge < -0.3 is 15.2 Å². The van der Waals surface area contributed by atoms with Crippen molar-refractivity contribution in [2.24, 2.45) is 0 Å². The van der Waals surface area contributed by atoms with E-state index < -0.39 is 6.10 Å². The van der Waals surface area contributed by atoms with Crippen molar-refractivity contribution >= 4 is 32.2 Å². The van der Waals surface area contributed by atoms with E-state index in [-0.39, 0.29) is 6.61 Å². The van der Waals surface area contributed by atoms with Crippen molar-refractivity contribution in [2.75, 3.05) is 13.2 Å². The van der Waals surface area contributed by atoms with Gasteiger partial charge in [-0.25, -0.2) is 0 Å². The third-order valence-corrected chi connectivity index (χ3v) is 5.37. The van der Waals surface area contributed by atoms with Gasteiger partial charge in [0.1, 0.15) is 18.5 Å². The van der Waals surface area contributed by atoms with E-state index in [2.05, 4.69) is 47.1 Å². The summed E-state index contributed by atoms with van der Waals surface area (Å²) in [6.45, 7) is 1.50. The SMILES string of the molecule is O[C@@H](CNCc1ccccc1)COc1cc2ccsc2c2ccccc12. The molecule has 0 amide bonds. The zero-order chi connectivity index (χ0) is 17.8. The molecule has 0 aliphatic carbocycles. The Morgan fingerprint density at radius 3 is 2.58 bits per heavy atom. The fourth-order valence-electron chi connectivity index (χ4n) is 3.11. The molecule has 132 valence electrons. The monoisotopic (exact) mass is 363 g/mol. The number of thiophene rings is 1. The van der Waals surface area contributed by atoms with Gasteiger partial charge in [-0.15, -0.1) is 11.3 Å². The zero-order valence-electron chi connectivity index (χ0n) is 14.4. The summed E-state index contributed by atoms with van der Waals surface area (Å²) in [5, 5.41) is 19.1. The molecule has 2 N–H and O–H groups in total. The van der Waals surface area contributed by atoms with E-state index in [1.54, 1.807) is 11.3 Å². The number of aliphatic hydroxyl groups excluding tert-OH is 1. The highest BCUT2D eigenvalue weighted by atomic mass is 32.1. The van der Waals surface area contributed by atoms with Crippen molar-refractivity contribution in [3.05, 3.63) is 77.7 Å². The summed E-state index contributed by atoms with van der Waals surface area (Å²) in [7, 11) is 0. The summed E-state index contributed by atoms with van der Waals surface area (Å²) in [4.78, 5) is 0. The molecule has 3 aromatic carbocycles. The first-order valence-electron chi connectivity index (χ1n) is 8.76. The molecule has 1 aromatic heterocycles. The van der Waals surface area contributed by atoms with Gasteiger partial charge in [-0.1, -0.05) is 54.6 Å². The number of nitrogens with one attached hydrogen (secondary N) is 1. The molecule has 0 radical (unpaired) electrons. The third kappa shape index (κ3) is 3.73. The quantitative estimate of drug-likeness (QED) is 0.505. The number of benzene rings is 3. The summed E-state index contributed by atoms with van der Waals surface area (Å²) in [6.07, 6.45) is -0.560. The Morgan fingerprint density at radius 1 is 0.962 bits per heavy atom. The lowest BCUT2D eigenvalue weighted by atomic mass is 10.1.